The van der Waals surface area contributed by atoms with Gasteiger partial charge in [0.15, 0.2) is 6.61 Å². The number of methoxy groups -OCH3 is 1. The van der Waals surface area contributed by atoms with Crippen molar-refractivity contribution in [3.05, 3.63) is 66.1 Å². The first-order valence-electron chi connectivity index (χ1n) is 10.0. The summed E-state index contributed by atoms with van der Waals surface area (Å²) in [6.07, 6.45) is 8.40. The Hall–Kier alpha value is -3.35. The number of benzene rings is 1. The van der Waals surface area contributed by atoms with Crippen LogP contribution in [-0.4, -0.2) is 36.3 Å². The average molecular weight is 408 g/mol. The third-order valence-corrected chi connectivity index (χ3v) is 5.36. The van der Waals surface area contributed by atoms with E-state index in [1.54, 1.807) is 19.4 Å². The number of carbonyl (C=O) groups excluding carboxylic acids is 2. The van der Waals surface area contributed by atoms with Crippen LogP contribution >= 0.6 is 0 Å². The molecule has 4 rings (SSSR count). The Labute approximate surface area is 175 Å². The lowest BCUT2D eigenvalue weighted by Crippen LogP contribution is -2.31. The molecule has 1 aliphatic heterocycles. The van der Waals surface area contributed by atoms with Crippen LogP contribution in [0.1, 0.15) is 43.0 Å². The van der Waals surface area contributed by atoms with Crippen LogP contribution < -0.4 is 4.74 Å². The molecule has 0 fully saturated rings. The van der Waals surface area contributed by atoms with E-state index in [9.17, 15) is 9.59 Å². The van der Waals surface area contributed by atoms with E-state index >= 15 is 0 Å². The van der Waals surface area contributed by atoms with Gasteiger partial charge >= 0.3 is 5.97 Å². The number of hydrogen-bond donors (Lipinski definition) is 0. The van der Waals surface area contributed by atoms with Crippen LogP contribution in [0.5, 0.6) is 5.75 Å². The molecule has 0 saturated carbocycles. The molecule has 1 amide bonds. The van der Waals surface area contributed by atoms with Crippen molar-refractivity contribution >= 4 is 17.6 Å². The molecular formula is C23H24N2O5. The van der Waals surface area contributed by atoms with E-state index in [4.69, 9.17) is 13.9 Å². The largest absolute Gasteiger partial charge is 0.497 e. The highest BCUT2D eigenvalue weighted by atomic mass is 16.5. The Morgan fingerprint density at radius 1 is 1.23 bits per heavy atom. The van der Waals surface area contributed by atoms with Crippen LogP contribution in [0.15, 0.2) is 64.3 Å². The molecule has 0 N–H and O–H groups in total. The third kappa shape index (κ3) is 4.45. The summed E-state index contributed by atoms with van der Waals surface area (Å²) < 4.78 is 16.0. The molecule has 2 atom stereocenters. The minimum Gasteiger partial charge on any atom is -0.497 e. The quantitative estimate of drug-likeness (QED) is 0.513. The van der Waals surface area contributed by atoms with Crippen molar-refractivity contribution in [1.82, 2.24) is 5.01 Å². The predicted octanol–water partition coefficient (Wildman–Crippen LogP) is 3.87. The van der Waals surface area contributed by atoms with Gasteiger partial charge in [0.05, 0.1) is 25.5 Å². The van der Waals surface area contributed by atoms with E-state index < -0.39 is 0 Å². The molecule has 1 aliphatic carbocycles. The van der Waals surface area contributed by atoms with Gasteiger partial charge in [-0.15, -0.1) is 0 Å². The molecule has 2 aliphatic rings. The van der Waals surface area contributed by atoms with Gasteiger partial charge in [-0.1, -0.05) is 12.2 Å². The van der Waals surface area contributed by atoms with Crippen LogP contribution in [0, 0.1) is 5.92 Å². The monoisotopic (exact) mass is 408 g/mol. The maximum Gasteiger partial charge on any atom is 0.306 e. The Morgan fingerprint density at radius 3 is 2.73 bits per heavy atom. The van der Waals surface area contributed by atoms with Crippen LogP contribution in [0.4, 0.5) is 0 Å². The van der Waals surface area contributed by atoms with Crippen molar-refractivity contribution in [3.8, 4) is 5.75 Å². The van der Waals surface area contributed by atoms with Crippen molar-refractivity contribution in [1.29, 1.82) is 0 Å². The summed E-state index contributed by atoms with van der Waals surface area (Å²) in [6, 6.07) is 10.7. The number of furan rings is 1. The molecule has 0 unspecified atom stereocenters. The molecular weight excluding hydrogens is 384 g/mol. The molecule has 156 valence electrons. The van der Waals surface area contributed by atoms with E-state index in [1.165, 1.54) is 5.01 Å². The number of hydrazone groups is 1. The van der Waals surface area contributed by atoms with Gasteiger partial charge in [0.1, 0.15) is 17.6 Å². The Bertz CT molecular complexity index is 946. The lowest BCUT2D eigenvalue weighted by molar-refractivity contribution is -0.153. The van der Waals surface area contributed by atoms with Crippen LogP contribution in [0.25, 0.3) is 0 Å². The number of amides is 1. The second-order valence-electron chi connectivity index (χ2n) is 7.38. The van der Waals surface area contributed by atoms with Crippen molar-refractivity contribution < 1.29 is 23.5 Å². The van der Waals surface area contributed by atoms with Crippen molar-refractivity contribution in [3.63, 3.8) is 0 Å². The summed E-state index contributed by atoms with van der Waals surface area (Å²) in [5.74, 6) is 0.841. The Morgan fingerprint density at radius 2 is 2.07 bits per heavy atom. The van der Waals surface area contributed by atoms with Crippen molar-refractivity contribution in [2.24, 2.45) is 11.0 Å². The topological polar surface area (TPSA) is 81.3 Å². The summed E-state index contributed by atoms with van der Waals surface area (Å²) in [5.41, 5.74) is 1.66. The molecule has 2 aromatic rings. The standard InChI is InChI=1S/C23H24N2O5/c1-28-18-10-8-17(9-11-18)19-14-20(21-7-4-12-29-21)25(24-19)22(26)15-30-23(27)13-16-5-2-3-6-16/h2,4-5,7-12,16,20H,3,6,13-15H2,1H3/t16-,20-/m0/s1. The molecule has 1 aromatic carbocycles. The summed E-state index contributed by atoms with van der Waals surface area (Å²) in [5, 5.41) is 5.89. The van der Waals surface area contributed by atoms with Gasteiger partial charge in [0.25, 0.3) is 5.91 Å². The zero-order chi connectivity index (χ0) is 20.9. The third-order valence-electron chi connectivity index (χ3n) is 5.36. The lowest BCUT2D eigenvalue weighted by Gasteiger charge is -2.19. The van der Waals surface area contributed by atoms with E-state index in [1.807, 2.05) is 36.4 Å². The fraction of sp³-hybridized carbons (Fsp3) is 0.348. The van der Waals surface area contributed by atoms with Crippen molar-refractivity contribution in [2.75, 3.05) is 13.7 Å². The minimum absolute atomic E-state index is 0.204. The number of nitrogens with zero attached hydrogens (tertiary/aromatic N) is 2. The van der Waals surface area contributed by atoms with Gasteiger partial charge in [-0.3, -0.25) is 9.59 Å². The SMILES string of the molecule is COc1ccc(C2=NN(C(=O)COC(=O)C[C@H]3C=CCC3)[C@H](c3ccco3)C2)cc1. The van der Waals surface area contributed by atoms with Gasteiger partial charge in [0.2, 0.25) is 0 Å². The van der Waals surface area contributed by atoms with Crippen molar-refractivity contribution in [2.45, 2.75) is 31.7 Å². The molecule has 0 spiro atoms. The number of rotatable bonds is 7. The van der Waals surface area contributed by atoms with Gasteiger partial charge in [0, 0.05) is 6.42 Å². The predicted molar refractivity (Wildman–Crippen MR) is 110 cm³/mol. The molecule has 2 heterocycles. The highest BCUT2D eigenvalue weighted by Crippen LogP contribution is 2.33. The molecule has 0 bridgehead atoms. The maximum atomic E-state index is 12.8. The number of allylic oxidation sites excluding steroid dienone is 2. The van der Waals surface area contributed by atoms with Crippen LogP contribution in [0.2, 0.25) is 0 Å². The summed E-state index contributed by atoms with van der Waals surface area (Å²) in [6.45, 7) is -0.341. The molecule has 30 heavy (non-hydrogen) atoms. The highest BCUT2D eigenvalue weighted by Gasteiger charge is 2.35. The fourth-order valence-corrected chi connectivity index (χ4v) is 3.75. The second kappa shape index (κ2) is 8.98. The van der Waals surface area contributed by atoms with Gasteiger partial charge in [-0.2, -0.15) is 5.10 Å². The molecule has 0 radical (unpaired) electrons. The van der Waals surface area contributed by atoms with Gasteiger partial charge in [-0.05, 0) is 60.7 Å². The van der Waals surface area contributed by atoms with E-state index in [-0.39, 0.29) is 30.4 Å². The number of carbonyl (C=O) groups is 2. The van der Waals surface area contributed by atoms with Crippen LogP contribution in [0.3, 0.4) is 0 Å². The van der Waals surface area contributed by atoms with Crippen LogP contribution in [-0.2, 0) is 14.3 Å². The zero-order valence-corrected chi connectivity index (χ0v) is 16.8. The summed E-state index contributed by atoms with van der Waals surface area (Å²) >= 11 is 0. The Balaban J connectivity index is 1.45. The maximum absolute atomic E-state index is 12.8. The first-order valence-corrected chi connectivity index (χ1v) is 10.0. The minimum atomic E-state index is -0.379. The second-order valence-corrected chi connectivity index (χ2v) is 7.38. The lowest BCUT2D eigenvalue weighted by atomic mass is 10.0. The first kappa shape index (κ1) is 19.9. The van der Waals surface area contributed by atoms with E-state index in [0.29, 0.717) is 18.6 Å². The first-order chi connectivity index (χ1) is 14.6. The molecule has 7 heteroatoms. The average Bonchev–Trinajstić information content (AvgIpc) is 3.53. The number of ether oxygens (including phenoxy) is 2. The number of esters is 1. The Kier molecular flexibility index (Phi) is 5.97. The summed E-state index contributed by atoms with van der Waals surface area (Å²) in [7, 11) is 1.61. The van der Waals surface area contributed by atoms with Gasteiger partial charge in [-0.25, -0.2) is 5.01 Å². The fourth-order valence-electron chi connectivity index (χ4n) is 3.75. The highest BCUT2D eigenvalue weighted by molar-refractivity contribution is 6.03. The normalized spacial score (nSPS) is 20.3. The van der Waals surface area contributed by atoms with E-state index in [0.717, 1.165) is 29.9 Å². The molecule has 1 aromatic heterocycles. The smallest absolute Gasteiger partial charge is 0.306 e. The number of hydrogen-bond acceptors (Lipinski definition) is 6. The molecule has 0 saturated heterocycles. The van der Waals surface area contributed by atoms with Gasteiger partial charge < -0.3 is 13.9 Å². The summed E-state index contributed by atoms with van der Waals surface area (Å²) in [4.78, 5) is 24.9. The van der Waals surface area contributed by atoms with E-state index in [2.05, 4.69) is 11.2 Å². The molecule has 7 nitrogen and oxygen atoms in total. The zero-order valence-electron chi connectivity index (χ0n) is 16.8.